The van der Waals surface area contributed by atoms with Crippen molar-refractivity contribution < 1.29 is 4.79 Å². The molecule has 2 atom stereocenters. The first-order valence-corrected chi connectivity index (χ1v) is 6.21. The minimum atomic E-state index is -0.182. The molecule has 1 saturated heterocycles. The predicted molar refractivity (Wildman–Crippen MR) is 71.8 cm³/mol. The third kappa shape index (κ3) is 2.72. The van der Waals surface area contributed by atoms with E-state index in [1.807, 2.05) is 18.2 Å². The Morgan fingerprint density at radius 3 is 2.78 bits per heavy atom. The number of carbonyl (C=O) groups excluding carboxylic acids is 1. The zero-order chi connectivity index (χ0) is 13.0. The molecular weight excluding hydrogens is 224 g/mol. The van der Waals surface area contributed by atoms with Gasteiger partial charge in [0.15, 0.2) is 0 Å². The highest BCUT2D eigenvalue weighted by Crippen LogP contribution is 2.30. The van der Waals surface area contributed by atoms with Crippen LogP contribution in [0, 0.1) is 11.8 Å². The van der Waals surface area contributed by atoms with Crippen LogP contribution in [-0.2, 0) is 4.79 Å². The number of likely N-dealkylation sites (tertiary alicyclic amines) is 1. The zero-order valence-electron chi connectivity index (χ0n) is 10.8. The Labute approximate surface area is 108 Å². The first kappa shape index (κ1) is 12.7. The summed E-state index contributed by atoms with van der Waals surface area (Å²) in [5, 5.41) is 3.00. The minimum Gasteiger partial charge on any atom is -0.341 e. The average molecular weight is 242 g/mol. The number of nitrogens with one attached hydrogen (secondary N) is 1. The maximum atomic E-state index is 11.6. The van der Waals surface area contributed by atoms with E-state index in [0.29, 0.717) is 0 Å². The molecule has 1 aromatic rings. The second kappa shape index (κ2) is 5.70. The van der Waals surface area contributed by atoms with E-state index in [4.69, 9.17) is 0 Å². The van der Waals surface area contributed by atoms with Crippen LogP contribution in [0.3, 0.4) is 0 Å². The number of hydrogen-bond acceptors (Lipinski definition) is 2. The molecule has 0 radical (unpaired) electrons. The van der Waals surface area contributed by atoms with Crippen molar-refractivity contribution in [3.8, 4) is 11.8 Å². The van der Waals surface area contributed by atoms with E-state index in [9.17, 15) is 4.79 Å². The van der Waals surface area contributed by atoms with Crippen molar-refractivity contribution in [1.82, 2.24) is 10.2 Å². The third-order valence-corrected chi connectivity index (χ3v) is 3.34. The van der Waals surface area contributed by atoms with Crippen LogP contribution in [-0.4, -0.2) is 30.4 Å². The number of carbonyl (C=O) groups is 1. The number of rotatable bonds is 2. The van der Waals surface area contributed by atoms with Gasteiger partial charge in [-0.1, -0.05) is 36.3 Å². The molecule has 0 spiro atoms. The lowest BCUT2D eigenvalue weighted by atomic mass is 10.0. The van der Waals surface area contributed by atoms with Crippen LogP contribution in [0.25, 0.3) is 0 Å². The summed E-state index contributed by atoms with van der Waals surface area (Å²) < 4.78 is 0. The second-order valence-corrected chi connectivity index (χ2v) is 4.58. The Morgan fingerprint density at radius 2 is 2.11 bits per heavy atom. The predicted octanol–water partition coefficient (Wildman–Crippen LogP) is 1.57. The molecule has 1 heterocycles. The van der Waals surface area contributed by atoms with E-state index >= 15 is 0 Å². The van der Waals surface area contributed by atoms with E-state index < -0.39 is 0 Å². The van der Waals surface area contributed by atoms with E-state index in [2.05, 4.69) is 41.2 Å². The average Bonchev–Trinajstić information content (AvgIpc) is 2.72. The molecule has 3 nitrogen and oxygen atoms in total. The van der Waals surface area contributed by atoms with Crippen LogP contribution >= 0.6 is 0 Å². The van der Waals surface area contributed by atoms with Gasteiger partial charge in [0.25, 0.3) is 5.91 Å². The Hall–Kier alpha value is -1.79. The molecule has 0 saturated carbocycles. The molecule has 0 unspecified atom stereocenters. The van der Waals surface area contributed by atoms with Gasteiger partial charge in [0.05, 0.1) is 12.1 Å². The molecule has 1 fully saturated rings. The topological polar surface area (TPSA) is 32.3 Å². The number of amides is 1. The van der Waals surface area contributed by atoms with Crippen molar-refractivity contribution in [3.05, 3.63) is 35.9 Å². The van der Waals surface area contributed by atoms with Gasteiger partial charge in [-0.05, 0) is 31.9 Å². The fraction of sp³-hybridized carbons (Fsp3) is 0.400. The number of nitrogens with zero attached hydrogens (tertiary/aromatic N) is 1. The van der Waals surface area contributed by atoms with Crippen molar-refractivity contribution in [3.63, 3.8) is 0 Å². The highest BCUT2D eigenvalue weighted by atomic mass is 16.1. The van der Waals surface area contributed by atoms with E-state index in [0.717, 1.165) is 13.0 Å². The fourth-order valence-corrected chi connectivity index (χ4v) is 2.55. The Balaban J connectivity index is 2.15. The van der Waals surface area contributed by atoms with Crippen molar-refractivity contribution in [2.75, 3.05) is 13.6 Å². The fourth-order valence-electron chi connectivity index (χ4n) is 2.55. The van der Waals surface area contributed by atoms with Gasteiger partial charge in [0, 0.05) is 6.54 Å². The summed E-state index contributed by atoms with van der Waals surface area (Å²) in [4.78, 5) is 13.9. The van der Waals surface area contributed by atoms with Crippen molar-refractivity contribution in [1.29, 1.82) is 0 Å². The van der Waals surface area contributed by atoms with Crippen LogP contribution in [0.4, 0.5) is 0 Å². The Morgan fingerprint density at radius 1 is 1.39 bits per heavy atom. The molecule has 94 valence electrons. The zero-order valence-corrected chi connectivity index (χ0v) is 10.8. The minimum absolute atomic E-state index is 0.144. The number of hydrogen-bond donors (Lipinski definition) is 1. The smallest absolute Gasteiger partial charge is 0.296 e. The molecule has 0 aliphatic carbocycles. The maximum absolute atomic E-state index is 11.6. The summed E-state index contributed by atoms with van der Waals surface area (Å²) in [7, 11) is 2.09. The Kier molecular flexibility index (Phi) is 4.01. The van der Waals surface area contributed by atoms with Crippen LogP contribution < -0.4 is 5.32 Å². The van der Waals surface area contributed by atoms with Crippen LogP contribution in [0.5, 0.6) is 0 Å². The van der Waals surface area contributed by atoms with Gasteiger partial charge in [-0.15, -0.1) is 0 Å². The lowest BCUT2D eigenvalue weighted by Crippen LogP contribution is -2.38. The van der Waals surface area contributed by atoms with Crippen LogP contribution in [0.1, 0.15) is 24.9 Å². The standard InChI is InChI=1S/C15H18N2O/c1-3-7-14(18)16-13-10-11-17(2)15(13)12-8-5-4-6-9-12/h4-6,8-9,13,15H,10-11H2,1-2H3,(H,16,18)/t13-,15+/m0/s1. The van der Waals surface area contributed by atoms with Crippen molar-refractivity contribution in [2.45, 2.75) is 25.4 Å². The van der Waals surface area contributed by atoms with Gasteiger partial charge >= 0.3 is 0 Å². The lowest BCUT2D eigenvalue weighted by Gasteiger charge is -2.25. The van der Waals surface area contributed by atoms with Crippen LogP contribution in [0.15, 0.2) is 30.3 Å². The molecule has 1 aliphatic rings. The molecule has 1 amide bonds. The highest BCUT2D eigenvalue weighted by molar-refractivity contribution is 5.93. The molecular formula is C15H18N2O. The lowest BCUT2D eigenvalue weighted by molar-refractivity contribution is -0.116. The second-order valence-electron chi connectivity index (χ2n) is 4.58. The molecule has 0 bridgehead atoms. The molecule has 2 rings (SSSR count). The van der Waals surface area contributed by atoms with E-state index in [1.165, 1.54) is 5.56 Å². The first-order chi connectivity index (χ1) is 8.72. The third-order valence-electron chi connectivity index (χ3n) is 3.34. The summed E-state index contributed by atoms with van der Waals surface area (Å²) in [5.74, 6) is 4.99. The van der Waals surface area contributed by atoms with Gasteiger partial charge in [0.1, 0.15) is 0 Å². The molecule has 1 N–H and O–H groups in total. The normalized spacial score (nSPS) is 23.2. The van der Waals surface area contributed by atoms with Gasteiger partial charge in [-0.3, -0.25) is 9.69 Å². The first-order valence-electron chi connectivity index (χ1n) is 6.21. The van der Waals surface area contributed by atoms with Crippen molar-refractivity contribution in [2.24, 2.45) is 0 Å². The summed E-state index contributed by atoms with van der Waals surface area (Å²) in [6, 6.07) is 10.7. The van der Waals surface area contributed by atoms with Gasteiger partial charge in [-0.2, -0.15) is 0 Å². The highest BCUT2D eigenvalue weighted by Gasteiger charge is 2.33. The van der Waals surface area contributed by atoms with Crippen molar-refractivity contribution >= 4 is 5.91 Å². The number of benzene rings is 1. The van der Waals surface area contributed by atoms with Gasteiger partial charge in [-0.25, -0.2) is 0 Å². The summed E-state index contributed by atoms with van der Waals surface area (Å²) >= 11 is 0. The molecule has 1 aliphatic heterocycles. The summed E-state index contributed by atoms with van der Waals surface area (Å²) in [6.45, 7) is 2.67. The quantitative estimate of drug-likeness (QED) is 0.798. The molecule has 1 aromatic carbocycles. The summed E-state index contributed by atoms with van der Waals surface area (Å²) in [5.41, 5.74) is 1.24. The maximum Gasteiger partial charge on any atom is 0.296 e. The Bertz CT molecular complexity index is 472. The number of likely N-dealkylation sites (N-methyl/N-ethyl adjacent to an activating group) is 1. The monoisotopic (exact) mass is 242 g/mol. The summed E-state index contributed by atoms with van der Waals surface area (Å²) in [6.07, 6.45) is 0.965. The van der Waals surface area contributed by atoms with Gasteiger partial charge < -0.3 is 5.32 Å². The molecule has 0 aromatic heterocycles. The largest absolute Gasteiger partial charge is 0.341 e. The molecule has 18 heavy (non-hydrogen) atoms. The SMILES string of the molecule is CC#CC(=O)N[C@H]1CCN(C)[C@@H]1c1ccccc1. The van der Waals surface area contributed by atoms with E-state index in [-0.39, 0.29) is 18.0 Å². The van der Waals surface area contributed by atoms with Gasteiger partial charge in [0.2, 0.25) is 0 Å². The van der Waals surface area contributed by atoms with Crippen LogP contribution in [0.2, 0.25) is 0 Å². The van der Waals surface area contributed by atoms with E-state index in [1.54, 1.807) is 6.92 Å². The molecule has 3 heteroatoms.